The maximum Gasteiger partial charge on any atom is 0.490 e. The van der Waals surface area contributed by atoms with Gasteiger partial charge in [-0.25, -0.2) is 0 Å². The normalized spacial score (nSPS) is 30.9. The summed E-state index contributed by atoms with van der Waals surface area (Å²) in [5.41, 5.74) is 1.30. The topological polar surface area (TPSA) is 76.9 Å². The molecule has 2 N–H and O–H groups in total. The standard InChI is InChI=1S/C19H28BN3O3/c1-18(2)16-15(9-13(12-21-16)20(25)26)23(17(18)24)14-10-19(3,11-14)22-7-5-4-6-8-22/h9,12,14,25-26H,4-8,10-11H2,1-3H3/t14-,19+. The summed E-state index contributed by atoms with van der Waals surface area (Å²) in [6.07, 6.45) is 7.22. The van der Waals surface area contributed by atoms with E-state index >= 15 is 0 Å². The molecule has 0 bridgehead atoms. The lowest BCUT2D eigenvalue weighted by Crippen LogP contribution is -2.64. The molecule has 2 fully saturated rings. The van der Waals surface area contributed by atoms with E-state index in [4.69, 9.17) is 0 Å². The van der Waals surface area contributed by atoms with Crippen molar-refractivity contribution >= 4 is 24.2 Å². The highest BCUT2D eigenvalue weighted by molar-refractivity contribution is 6.58. The van der Waals surface area contributed by atoms with E-state index in [0.29, 0.717) is 5.46 Å². The van der Waals surface area contributed by atoms with Gasteiger partial charge in [0.15, 0.2) is 0 Å². The Hall–Kier alpha value is -1.44. The van der Waals surface area contributed by atoms with E-state index < -0.39 is 12.5 Å². The molecule has 1 aromatic heterocycles. The molecule has 1 aromatic rings. The number of amides is 1. The van der Waals surface area contributed by atoms with Gasteiger partial charge in [-0.3, -0.25) is 14.7 Å². The molecule has 26 heavy (non-hydrogen) atoms. The Bertz CT molecular complexity index is 725. The molecule has 1 saturated carbocycles. The Morgan fingerprint density at radius 2 is 1.81 bits per heavy atom. The quantitative estimate of drug-likeness (QED) is 0.783. The van der Waals surface area contributed by atoms with Crippen LogP contribution in [-0.2, 0) is 10.2 Å². The van der Waals surface area contributed by atoms with Crippen molar-refractivity contribution in [3.63, 3.8) is 0 Å². The third-order valence-corrected chi connectivity index (χ3v) is 6.63. The third kappa shape index (κ3) is 2.60. The van der Waals surface area contributed by atoms with Crippen molar-refractivity contribution in [2.45, 2.75) is 69.9 Å². The van der Waals surface area contributed by atoms with Gasteiger partial charge in [0.05, 0.1) is 16.8 Å². The molecule has 1 amide bonds. The number of rotatable bonds is 3. The van der Waals surface area contributed by atoms with Crippen molar-refractivity contribution in [3.05, 3.63) is 18.0 Å². The number of piperidine rings is 1. The first-order valence-corrected chi connectivity index (χ1v) is 9.69. The Morgan fingerprint density at radius 3 is 2.42 bits per heavy atom. The zero-order valence-corrected chi connectivity index (χ0v) is 15.9. The van der Waals surface area contributed by atoms with E-state index in [1.165, 1.54) is 25.5 Å². The lowest BCUT2D eigenvalue weighted by molar-refractivity contribution is -0.123. The number of pyridine rings is 1. The predicted octanol–water partition coefficient (Wildman–Crippen LogP) is 0.793. The molecule has 1 aliphatic carbocycles. The van der Waals surface area contributed by atoms with Crippen LogP contribution in [0.1, 0.15) is 58.6 Å². The monoisotopic (exact) mass is 357 g/mol. The lowest BCUT2D eigenvalue weighted by Gasteiger charge is -2.55. The molecule has 3 heterocycles. The van der Waals surface area contributed by atoms with Crippen LogP contribution in [0.5, 0.6) is 0 Å². The summed E-state index contributed by atoms with van der Waals surface area (Å²) < 4.78 is 0. The first kappa shape index (κ1) is 18.0. The Balaban J connectivity index is 1.60. The SMILES string of the molecule is CC1(C)C(=O)N([C@H]2C[C@@](C)(N3CCCCC3)C2)c2cc(B(O)O)cnc21. The van der Waals surface area contributed by atoms with Crippen molar-refractivity contribution in [1.82, 2.24) is 9.88 Å². The number of hydrogen-bond acceptors (Lipinski definition) is 5. The molecular formula is C19H28BN3O3. The highest BCUT2D eigenvalue weighted by atomic mass is 16.4. The van der Waals surface area contributed by atoms with Gasteiger partial charge in [-0.1, -0.05) is 6.42 Å². The summed E-state index contributed by atoms with van der Waals surface area (Å²) in [6, 6.07) is 1.87. The number of likely N-dealkylation sites (tertiary alicyclic amines) is 1. The highest BCUT2D eigenvalue weighted by Crippen LogP contribution is 2.48. The van der Waals surface area contributed by atoms with Crippen LogP contribution in [0.2, 0.25) is 0 Å². The number of carbonyl (C=O) groups excluding carboxylic acids is 1. The van der Waals surface area contributed by atoms with E-state index in [9.17, 15) is 14.8 Å². The molecule has 7 heteroatoms. The first-order chi connectivity index (χ1) is 12.2. The Labute approximate surface area is 155 Å². The van der Waals surface area contributed by atoms with Crippen LogP contribution >= 0.6 is 0 Å². The van der Waals surface area contributed by atoms with Crippen LogP contribution in [-0.4, -0.2) is 57.6 Å². The molecule has 0 aromatic carbocycles. The average molecular weight is 357 g/mol. The fraction of sp³-hybridized carbons (Fsp3) is 0.684. The molecule has 2 aliphatic heterocycles. The number of nitrogens with zero attached hydrogens (tertiary/aromatic N) is 3. The first-order valence-electron chi connectivity index (χ1n) is 9.69. The predicted molar refractivity (Wildman–Crippen MR) is 101 cm³/mol. The maximum absolute atomic E-state index is 13.1. The van der Waals surface area contributed by atoms with Crippen LogP contribution in [0.25, 0.3) is 0 Å². The number of hydrogen-bond donors (Lipinski definition) is 2. The van der Waals surface area contributed by atoms with Crippen molar-refractivity contribution < 1.29 is 14.8 Å². The van der Waals surface area contributed by atoms with Crippen molar-refractivity contribution in [3.8, 4) is 0 Å². The van der Waals surface area contributed by atoms with Gasteiger partial charge in [-0.05, 0) is 65.6 Å². The maximum atomic E-state index is 13.1. The van der Waals surface area contributed by atoms with Gasteiger partial charge in [0.2, 0.25) is 5.91 Å². The van der Waals surface area contributed by atoms with Crippen molar-refractivity contribution in [2.24, 2.45) is 0 Å². The summed E-state index contributed by atoms with van der Waals surface area (Å²) in [6.45, 7) is 8.42. The summed E-state index contributed by atoms with van der Waals surface area (Å²) in [4.78, 5) is 22.0. The van der Waals surface area contributed by atoms with Gasteiger partial charge in [0.1, 0.15) is 0 Å². The van der Waals surface area contributed by atoms with Gasteiger partial charge in [0, 0.05) is 23.2 Å². The van der Waals surface area contributed by atoms with E-state index in [-0.39, 0.29) is 17.5 Å². The van der Waals surface area contributed by atoms with Gasteiger partial charge >= 0.3 is 7.12 Å². The molecule has 140 valence electrons. The van der Waals surface area contributed by atoms with Gasteiger partial charge in [-0.2, -0.15) is 0 Å². The number of aromatic nitrogens is 1. The largest absolute Gasteiger partial charge is 0.490 e. The smallest absolute Gasteiger partial charge is 0.423 e. The fourth-order valence-electron chi connectivity index (χ4n) is 4.98. The van der Waals surface area contributed by atoms with Crippen LogP contribution < -0.4 is 10.4 Å². The summed E-state index contributed by atoms with van der Waals surface area (Å²) in [5.74, 6) is 0.0651. The van der Waals surface area contributed by atoms with Gasteiger partial charge in [0.25, 0.3) is 0 Å². The van der Waals surface area contributed by atoms with E-state index in [0.717, 1.165) is 37.3 Å². The van der Waals surface area contributed by atoms with Crippen LogP contribution in [0.3, 0.4) is 0 Å². The minimum Gasteiger partial charge on any atom is -0.423 e. The van der Waals surface area contributed by atoms with Gasteiger partial charge in [-0.15, -0.1) is 0 Å². The second-order valence-corrected chi connectivity index (χ2v) is 8.92. The van der Waals surface area contributed by atoms with E-state index in [1.54, 1.807) is 6.07 Å². The number of fused-ring (bicyclic) bond motifs is 1. The molecule has 0 atom stereocenters. The zero-order chi connectivity index (χ0) is 18.7. The molecule has 0 radical (unpaired) electrons. The summed E-state index contributed by atoms with van der Waals surface area (Å²) in [7, 11) is -1.58. The fourth-order valence-corrected chi connectivity index (χ4v) is 4.98. The molecule has 1 saturated heterocycles. The van der Waals surface area contributed by atoms with Crippen molar-refractivity contribution in [1.29, 1.82) is 0 Å². The van der Waals surface area contributed by atoms with Crippen molar-refractivity contribution in [2.75, 3.05) is 18.0 Å². The second-order valence-electron chi connectivity index (χ2n) is 8.92. The van der Waals surface area contributed by atoms with Gasteiger partial charge < -0.3 is 14.9 Å². The van der Waals surface area contributed by atoms with Crippen LogP contribution in [0.4, 0.5) is 5.69 Å². The average Bonchev–Trinajstić information content (AvgIpc) is 2.79. The molecule has 6 nitrogen and oxygen atoms in total. The molecule has 0 spiro atoms. The second kappa shape index (κ2) is 6.04. The summed E-state index contributed by atoms with van der Waals surface area (Å²) in [5, 5.41) is 19.0. The minimum atomic E-state index is -1.58. The zero-order valence-electron chi connectivity index (χ0n) is 15.9. The third-order valence-electron chi connectivity index (χ3n) is 6.63. The Kier molecular flexibility index (Phi) is 4.17. The summed E-state index contributed by atoms with van der Waals surface area (Å²) >= 11 is 0. The number of anilines is 1. The molecule has 0 unspecified atom stereocenters. The Morgan fingerprint density at radius 1 is 1.15 bits per heavy atom. The van der Waals surface area contributed by atoms with Crippen LogP contribution in [0.15, 0.2) is 12.3 Å². The lowest BCUT2D eigenvalue weighted by atomic mass is 9.71. The highest BCUT2D eigenvalue weighted by Gasteiger charge is 2.54. The van der Waals surface area contributed by atoms with E-state index in [1.807, 2.05) is 18.7 Å². The van der Waals surface area contributed by atoms with E-state index in [2.05, 4.69) is 16.8 Å². The molecule has 3 aliphatic rings. The molecule has 4 rings (SSSR count). The molecular weight excluding hydrogens is 329 g/mol. The number of carbonyl (C=O) groups is 1. The minimum absolute atomic E-state index is 0.0651. The van der Waals surface area contributed by atoms with Crippen LogP contribution in [0, 0.1) is 0 Å².